The molecular weight excluding hydrogens is 388 g/mol. The van der Waals surface area contributed by atoms with Crippen LogP contribution in [0.3, 0.4) is 0 Å². The second kappa shape index (κ2) is 10.4. The summed E-state index contributed by atoms with van der Waals surface area (Å²) in [4.78, 5) is 23.3. The Bertz CT molecular complexity index is 998. The molecule has 164 valence electrons. The first-order chi connectivity index (χ1) is 14.8. The van der Waals surface area contributed by atoms with Crippen LogP contribution in [0.2, 0.25) is 0 Å². The largest absolute Gasteiger partial charge is 0.447 e. The molecule has 0 bridgehead atoms. The second-order valence-corrected chi connectivity index (χ2v) is 8.49. The molecule has 6 heteroatoms. The normalized spacial score (nSPS) is 12.4. The molecule has 1 unspecified atom stereocenters. The van der Waals surface area contributed by atoms with Gasteiger partial charge in [0.25, 0.3) is 5.91 Å². The van der Waals surface area contributed by atoms with E-state index < -0.39 is 0 Å². The number of carbonyl (C=O) groups is 1. The molecule has 0 saturated heterocycles. The van der Waals surface area contributed by atoms with Crippen LogP contribution in [-0.2, 0) is 19.6 Å². The van der Waals surface area contributed by atoms with E-state index in [-0.39, 0.29) is 5.91 Å². The van der Waals surface area contributed by atoms with E-state index in [2.05, 4.69) is 73.0 Å². The third-order valence-electron chi connectivity index (χ3n) is 5.71. The molecule has 1 amide bonds. The van der Waals surface area contributed by atoms with E-state index in [1.54, 1.807) is 12.4 Å². The fourth-order valence-corrected chi connectivity index (χ4v) is 3.44. The molecule has 1 aromatic carbocycles. The summed E-state index contributed by atoms with van der Waals surface area (Å²) in [5.74, 6) is 0.767. The van der Waals surface area contributed by atoms with Crippen molar-refractivity contribution >= 4 is 5.91 Å². The van der Waals surface area contributed by atoms with Crippen LogP contribution in [0.15, 0.2) is 53.4 Å². The first kappa shape index (κ1) is 22.7. The van der Waals surface area contributed by atoms with Crippen molar-refractivity contribution < 1.29 is 9.21 Å². The zero-order valence-corrected chi connectivity index (χ0v) is 19.1. The molecule has 0 aliphatic carbocycles. The molecule has 2 aromatic heterocycles. The first-order valence-corrected chi connectivity index (χ1v) is 10.7. The van der Waals surface area contributed by atoms with Gasteiger partial charge in [0.2, 0.25) is 5.89 Å². The van der Waals surface area contributed by atoms with Crippen LogP contribution in [0, 0.1) is 19.8 Å². The lowest BCUT2D eigenvalue weighted by molar-refractivity contribution is 0.0945. The van der Waals surface area contributed by atoms with Gasteiger partial charge in [-0.15, -0.1) is 0 Å². The van der Waals surface area contributed by atoms with E-state index in [1.165, 1.54) is 23.0 Å². The summed E-state index contributed by atoms with van der Waals surface area (Å²) < 4.78 is 5.66. The number of benzene rings is 1. The van der Waals surface area contributed by atoms with Crippen LogP contribution in [0.5, 0.6) is 0 Å². The number of rotatable bonds is 9. The summed E-state index contributed by atoms with van der Waals surface area (Å²) >= 11 is 0. The molecule has 1 N–H and O–H groups in total. The molecule has 0 spiro atoms. The highest BCUT2D eigenvalue weighted by Crippen LogP contribution is 2.20. The number of hydrogen-bond acceptors (Lipinski definition) is 5. The molecular formula is C25H32N4O2. The van der Waals surface area contributed by atoms with Crippen molar-refractivity contribution in [1.29, 1.82) is 0 Å². The Kier molecular flexibility index (Phi) is 7.58. The summed E-state index contributed by atoms with van der Waals surface area (Å²) in [6.07, 6.45) is 4.87. The van der Waals surface area contributed by atoms with Crippen LogP contribution in [0.25, 0.3) is 0 Å². The average molecular weight is 421 g/mol. The molecule has 6 nitrogen and oxygen atoms in total. The van der Waals surface area contributed by atoms with Gasteiger partial charge < -0.3 is 9.73 Å². The summed E-state index contributed by atoms with van der Waals surface area (Å²) in [6.45, 7) is 12.7. The Morgan fingerprint density at radius 2 is 1.97 bits per heavy atom. The number of amides is 1. The summed E-state index contributed by atoms with van der Waals surface area (Å²) in [6, 6.07) is 10.6. The molecule has 3 rings (SSSR count). The van der Waals surface area contributed by atoms with Gasteiger partial charge in [0.15, 0.2) is 5.69 Å². The van der Waals surface area contributed by atoms with E-state index in [9.17, 15) is 4.79 Å². The number of aryl methyl sites for hydroxylation is 2. The SMILES string of the molecule is Cc1ccc(CN(Cc2nc(C(=O)NCc3cccnc3)co2)C(C)C(C)C)c(C)c1. The van der Waals surface area contributed by atoms with Gasteiger partial charge in [-0.2, -0.15) is 0 Å². The van der Waals surface area contributed by atoms with Gasteiger partial charge in [0, 0.05) is 31.5 Å². The molecule has 2 heterocycles. The first-order valence-electron chi connectivity index (χ1n) is 10.7. The van der Waals surface area contributed by atoms with E-state index >= 15 is 0 Å². The molecule has 3 aromatic rings. The van der Waals surface area contributed by atoms with Crippen molar-refractivity contribution in [3.63, 3.8) is 0 Å². The second-order valence-electron chi connectivity index (χ2n) is 8.49. The van der Waals surface area contributed by atoms with Gasteiger partial charge in [-0.05, 0) is 49.4 Å². The third kappa shape index (κ3) is 6.25. The average Bonchev–Trinajstić information content (AvgIpc) is 3.22. The monoisotopic (exact) mass is 420 g/mol. The Balaban J connectivity index is 1.68. The van der Waals surface area contributed by atoms with Crippen molar-refractivity contribution in [3.05, 3.63) is 82.8 Å². The zero-order chi connectivity index (χ0) is 22.4. The van der Waals surface area contributed by atoms with Crippen molar-refractivity contribution in [2.45, 2.75) is 60.3 Å². The van der Waals surface area contributed by atoms with E-state index in [4.69, 9.17) is 4.42 Å². The standard InChI is InChI=1S/C25H32N4O2/c1-17(2)20(5)29(14-22-9-8-18(3)11-19(22)4)15-24-28-23(16-31-24)25(30)27-13-21-7-6-10-26-12-21/h6-12,16-17,20H,13-15H2,1-5H3,(H,27,30). The number of aromatic nitrogens is 2. The summed E-state index contributed by atoms with van der Waals surface area (Å²) in [7, 11) is 0. The van der Waals surface area contributed by atoms with Gasteiger partial charge >= 0.3 is 0 Å². The Hall–Kier alpha value is -2.99. The zero-order valence-electron chi connectivity index (χ0n) is 19.1. The number of nitrogens with one attached hydrogen (secondary N) is 1. The lowest BCUT2D eigenvalue weighted by Gasteiger charge is -2.31. The molecule has 0 radical (unpaired) electrons. The van der Waals surface area contributed by atoms with E-state index in [1.807, 2.05) is 12.1 Å². The van der Waals surface area contributed by atoms with Crippen LogP contribution >= 0.6 is 0 Å². The highest BCUT2D eigenvalue weighted by atomic mass is 16.3. The Morgan fingerprint density at radius 3 is 2.65 bits per heavy atom. The van der Waals surface area contributed by atoms with Crippen LogP contribution in [-0.4, -0.2) is 26.8 Å². The number of pyridine rings is 1. The van der Waals surface area contributed by atoms with Gasteiger partial charge in [-0.25, -0.2) is 4.98 Å². The number of carbonyl (C=O) groups excluding carboxylic acids is 1. The van der Waals surface area contributed by atoms with Gasteiger partial charge in [0.05, 0.1) is 6.54 Å². The van der Waals surface area contributed by atoms with Gasteiger partial charge in [-0.3, -0.25) is 14.7 Å². The molecule has 31 heavy (non-hydrogen) atoms. The number of hydrogen-bond donors (Lipinski definition) is 1. The minimum atomic E-state index is -0.253. The molecule has 1 atom stereocenters. The maximum atomic E-state index is 12.5. The predicted molar refractivity (Wildman–Crippen MR) is 121 cm³/mol. The van der Waals surface area contributed by atoms with Crippen molar-refractivity contribution in [1.82, 2.24) is 20.2 Å². The van der Waals surface area contributed by atoms with Crippen LogP contribution in [0.4, 0.5) is 0 Å². The summed E-state index contributed by atoms with van der Waals surface area (Å²) in [5, 5.41) is 2.86. The maximum absolute atomic E-state index is 12.5. The van der Waals surface area contributed by atoms with Crippen molar-refractivity contribution in [2.24, 2.45) is 5.92 Å². The Labute approximate surface area is 184 Å². The quantitative estimate of drug-likeness (QED) is 0.545. The number of nitrogens with zero attached hydrogens (tertiary/aromatic N) is 3. The molecule has 0 aliphatic rings. The third-order valence-corrected chi connectivity index (χ3v) is 5.71. The fraction of sp³-hybridized carbons (Fsp3) is 0.400. The highest BCUT2D eigenvalue weighted by molar-refractivity contribution is 5.91. The summed E-state index contributed by atoms with van der Waals surface area (Å²) in [5.41, 5.74) is 5.06. The topological polar surface area (TPSA) is 71.3 Å². The number of oxazole rings is 1. The smallest absolute Gasteiger partial charge is 0.273 e. The van der Waals surface area contributed by atoms with Crippen LogP contribution < -0.4 is 5.32 Å². The predicted octanol–water partition coefficient (Wildman–Crippen LogP) is 4.66. The minimum Gasteiger partial charge on any atom is -0.447 e. The van der Waals surface area contributed by atoms with E-state index in [0.717, 1.165) is 12.1 Å². The van der Waals surface area contributed by atoms with E-state index in [0.29, 0.717) is 36.6 Å². The highest BCUT2D eigenvalue weighted by Gasteiger charge is 2.21. The van der Waals surface area contributed by atoms with Crippen molar-refractivity contribution in [3.8, 4) is 0 Å². The lowest BCUT2D eigenvalue weighted by atomic mass is 10.0. The van der Waals surface area contributed by atoms with Crippen molar-refractivity contribution in [2.75, 3.05) is 0 Å². The molecule has 0 saturated carbocycles. The lowest BCUT2D eigenvalue weighted by Crippen LogP contribution is -2.36. The maximum Gasteiger partial charge on any atom is 0.273 e. The van der Waals surface area contributed by atoms with Crippen LogP contribution in [0.1, 0.15) is 59.4 Å². The minimum absolute atomic E-state index is 0.253. The van der Waals surface area contributed by atoms with Gasteiger partial charge in [0.1, 0.15) is 6.26 Å². The molecule has 0 fully saturated rings. The molecule has 0 aliphatic heterocycles. The fourth-order valence-electron chi connectivity index (χ4n) is 3.44. The van der Waals surface area contributed by atoms with Gasteiger partial charge in [-0.1, -0.05) is 43.7 Å². The Morgan fingerprint density at radius 1 is 1.16 bits per heavy atom.